The molecule has 19 heavy (non-hydrogen) atoms. The molecule has 1 aromatic rings. The van der Waals surface area contributed by atoms with Crippen molar-refractivity contribution in [3.05, 3.63) is 16.1 Å². The van der Waals surface area contributed by atoms with E-state index in [0.717, 1.165) is 34.9 Å². The summed E-state index contributed by atoms with van der Waals surface area (Å²) >= 11 is 2.32. The lowest BCUT2D eigenvalue weighted by Gasteiger charge is -2.34. The Balaban J connectivity index is 1.84. The van der Waals surface area contributed by atoms with Gasteiger partial charge in [-0.05, 0) is 68.7 Å². The summed E-state index contributed by atoms with van der Waals surface area (Å²) in [5.74, 6) is 1.88. The van der Waals surface area contributed by atoms with Gasteiger partial charge in [0.2, 0.25) is 0 Å². The third kappa shape index (κ3) is 4.56. The predicted octanol–water partition coefficient (Wildman–Crippen LogP) is 2.69. The highest BCUT2D eigenvalue weighted by Crippen LogP contribution is 2.24. The molecule has 1 saturated heterocycles. The SMILES string of the molecule is CC(C)(C)NCC1CCN(c2ncncc2I)CC1. The lowest BCUT2D eigenvalue weighted by molar-refractivity contribution is 0.328. The van der Waals surface area contributed by atoms with Crippen LogP contribution in [0.4, 0.5) is 5.82 Å². The summed E-state index contributed by atoms with van der Waals surface area (Å²) in [5.41, 5.74) is 0.221. The molecule has 0 aromatic carbocycles. The molecule has 0 aliphatic carbocycles. The standard InChI is InChI=1S/C14H23IN4/c1-14(2,3)18-8-11-4-6-19(7-5-11)13-12(15)9-16-10-17-13/h9-11,18H,4-8H2,1-3H3. The van der Waals surface area contributed by atoms with Crippen molar-refractivity contribution < 1.29 is 0 Å². The molecule has 1 aliphatic rings. The first-order valence-corrected chi connectivity index (χ1v) is 7.99. The van der Waals surface area contributed by atoms with Gasteiger partial charge in [0.25, 0.3) is 0 Å². The molecule has 4 nitrogen and oxygen atoms in total. The van der Waals surface area contributed by atoms with Crippen molar-refractivity contribution in [2.24, 2.45) is 5.92 Å². The number of aromatic nitrogens is 2. The summed E-state index contributed by atoms with van der Waals surface area (Å²) in [6.07, 6.45) is 6.01. The highest BCUT2D eigenvalue weighted by atomic mass is 127. The van der Waals surface area contributed by atoms with Crippen LogP contribution >= 0.6 is 22.6 Å². The third-order valence-electron chi connectivity index (χ3n) is 3.48. The van der Waals surface area contributed by atoms with Gasteiger partial charge in [0, 0.05) is 24.8 Å². The lowest BCUT2D eigenvalue weighted by atomic mass is 9.95. The molecular formula is C14H23IN4. The average molecular weight is 374 g/mol. The number of nitrogens with zero attached hydrogens (tertiary/aromatic N) is 3. The van der Waals surface area contributed by atoms with E-state index < -0.39 is 0 Å². The van der Waals surface area contributed by atoms with Gasteiger partial charge in [0.05, 0.1) is 3.57 Å². The molecule has 0 amide bonds. The summed E-state index contributed by atoms with van der Waals surface area (Å²) in [4.78, 5) is 10.8. The van der Waals surface area contributed by atoms with Gasteiger partial charge in [-0.3, -0.25) is 0 Å². The van der Waals surface area contributed by atoms with Crippen LogP contribution in [0.5, 0.6) is 0 Å². The van der Waals surface area contributed by atoms with E-state index in [9.17, 15) is 0 Å². The number of rotatable bonds is 3. The first-order chi connectivity index (χ1) is 8.96. The zero-order chi connectivity index (χ0) is 13.9. The maximum atomic E-state index is 4.40. The minimum absolute atomic E-state index is 0.221. The highest BCUT2D eigenvalue weighted by Gasteiger charge is 2.22. The van der Waals surface area contributed by atoms with E-state index in [0.29, 0.717) is 0 Å². The normalized spacial score (nSPS) is 17.8. The zero-order valence-corrected chi connectivity index (χ0v) is 14.1. The van der Waals surface area contributed by atoms with Gasteiger partial charge in [-0.2, -0.15) is 0 Å². The van der Waals surface area contributed by atoms with Crippen LogP contribution in [-0.2, 0) is 0 Å². The molecule has 0 radical (unpaired) electrons. The van der Waals surface area contributed by atoms with Gasteiger partial charge < -0.3 is 10.2 Å². The molecule has 1 aliphatic heterocycles. The van der Waals surface area contributed by atoms with E-state index in [1.54, 1.807) is 6.33 Å². The average Bonchev–Trinajstić information content (AvgIpc) is 2.37. The Labute approximate surface area is 129 Å². The van der Waals surface area contributed by atoms with Crippen LogP contribution in [0, 0.1) is 9.49 Å². The smallest absolute Gasteiger partial charge is 0.145 e. The summed E-state index contributed by atoms with van der Waals surface area (Å²) in [6.45, 7) is 10.0. The fourth-order valence-electron chi connectivity index (χ4n) is 2.34. The second kappa shape index (κ2) is 6.35. The molecular weight excluding hydrogens is 351 g/mol. The number of hydrogen-bond acceptors (Lipinski definition) is 4. The van der Waals surface area contributed by atoms with E-state index in [2.05, 4.69) is 63.5 Å². The molecule has 1 N–H and O–H groups in total. The van der Waals surface area contributed by atoms with Crippen molar-refractivity contribution in [1.82, 2.24) is 15.3 Å². The van der Waals surface area contributed by atoms with Crippen LogP contribution in [0.25, 0.3) is 0 Å². The van der Waals surface area contributed by atoms with Crippen molar-refractivity contribution in [2.45, 2.75) is 39.2 Å². The Morgan fingerprint density at radius 2 is 2.05 bits per heavy atom. The molecule has 1 aromatic heterocycles. The maximum Gasteiger partial charge on any atom is 0.145 e. The van der Waals surface area contributed by atoms with Crippen LogP contribution < -0.4 is 10.2 Å². The zero-order valence-electron chi connectivity index (χ0n) is 12.0. The topological polar surface area (TPSA) is 41.0 Å². The molecule has 2 rings (SSSR count). The van der Waals surface area contributed by atoms with Crippen LogP contribution in [0.15, 0.2) is 12.5 Å². The highest BCUT2D eigenvalue weighted by molar-refractivity contribution is 14.1. The van der Waals surface area contributed by atoms with Gasteiger partial charge >= 0.3 is 0 Å². The largest absolute Gasteiger partial charge is 0.356 e. The molecule has 0 atom stereocenters. The van der Waals surface area contributed by atoms with E-state index in [1.165, 1.54) is 12.8 Å². The van der Waals surface area contributed by atoms with Crippen LogP contribution in [0.2, 0.25) is 0 Å². The Morgan fingerprint density at radius 3 is 2.63 bits per heavy atom. The minimum atomic E-state index is 0.221. The fraction of sp³-hybridized carbons (Fsp3) is 0.714. The Bertz CT molecular complexity index is 408. The third-order valence-corrected chi connectivity index (χ3v) is 4.24. The maximum absolute atomic E-state index is 4.40. The summed E-state index contributed by atoms with van der Waals surface area (Å²) in [6, 6.07) is 0. The van der Waals surface area contributed by atoms with Crippen molar-refractivity contribution >= 4 is 28.4 Å². The van der Waals surface area contributed by atoms with E-state index >= 15 is 0 Å². The van der Waals surface area contributed by atoms with Crippen molar-refractivity contribution in [1.29, 1.82) is 0 Å². The minimum Gasteiger partial charge on any atom is -0.356 e. The van der Waals surface area contributed by atoms with Gasteiger partial charge in [0.15, 0.2) is 0 Å². The Morgan fingerprint density at radius 1 is 1.37 bits per heavy atom. The lowest BCUT2D eigenvalue weighted by Crippen LogP contribution is -2.43. The number of hydrogen-bond donors (Lipinski definition) is 1. The summed E-state index contributed by atoms with van der Waals surface area (Å²) in [7, 11) is 0. The Hall–Kier alpha value is -0.430. The predicted molar refractivity (Wildman–Crippen MR) is 87.4 cm³/mol. The number of anilines is 1. The molecule has 0 bridgehead atoms. The van der Waals surface area contributed by atoms with E-state index in [1.807, 2.05) is 6.20 Å². The Kier molecular flexibility index (Phi) is 5.00. The van der Waals surface area contributed by atoms with Gasteiger partial charge in [-0.25, -0.2) is 9.97 Å². The molecule has 106 valence electrons. The monoisotopic (exact) mass is 374 g/mol. The molecule has 0 saturated carbocycles. The molecule has 0 unspecified atom stereocenters. The second-order valence-electron chi connectivity index (χ2n) is 6.26. The van der Waals surface area contributed by atoms with E-state index in [4.69, 9.17) is 0 Å². The molecule has 5 heteroatoms. The number of halogens is 1. The van der Waals surface area contributed by atoms with Crippen LogP contribution in [-0.4, -0.2) is 35.1 Å². The molecule has 2 heterocycles. The first-order valence-electron chi connectivity index (χ1n) is 6.91. The van der Waals surface area contributed by atoms with Crippen molar-refractivity contribution in [2.75, 3.05) is 24.5 Å². The van der Waals surface area contributed by atoms with Gasteiger partial charge in [-0.15, -0.1) is 0 Å². The van der Waals surface area contributed by atoms with Gasteiger partial charge in [0.1, 0.15) is 12.1 Å². The fourth-order valence-corrected chi connectivity index (χ4v) is 2.98. The molecule has 1 fully saturated rings. The molecule has 0 spiro atoms. The van der Waals surface area contributed by atoms with Crippen LogP contribution in [0.3, 0.4) is 0 Å². The summed E-state index contributed by atoms with van der Waals surface area (Å²) in [5, 5.41) is 3.61. The van der Waals surface area contributed by atoms with Crippen molar-refractivity contribution in [3.63, 3.8) is 0 Å². The first kappa shape index (κ1) is 15.0. The number of nitrogens with one attached hydrogen (secondary N) is 1. The van der Waals surface area contributed by atoms with E-state index in [-0.39, 0.29) is 5.54 Å². The summed E-state index contributed by atoms with van der Waals surface area (Å²) < 4.78 is 1.14. The second-order valence-corrected chi connectivity index (χ2v) is 7.42. The van der Waals surface area contributed by atoms with Crippen LogP contribution in [0.1, 0.15) is 33.6 Å². The quantitative estimate of drug-likeness (QED) is 0.827. The number of piperidine rings is 1. The van der Waals surface area contributed by atoms with Crippen molar-refractivity contribution in [3.8, 4) is 0 Å². The van der Waals surface area contributed by atoms with Gasteiger partial charge in [-0.1, -0.05) is 0 Å².